The molecule has 0 saturated heterocycles. The van der Waals surface area contributed by atoms with Gasteiger partial charge < -0.3 is 20.4 Å². The van der Waals surface area contributed by atoms with Gasteiger partial charge in [-0.15, -0.1) is 0 Å². The third kappa shape index (κ3) is 1.70. The summed E-state index contributed by atoms with van der Waals surface area (Å²) in [7, 11) is 0. The summed E-state index contributed by atoms with van der Waals surface area (Å²) >= 11 is 0. The van der Waals surface area contributed by atoms with E-state index in [1.54, 1.807) is 6.92 Å². The minimum absolute atomic E-state index is 0.00891. The van der Waals surface area contributed by atoms with Gasteiger partial charge in [0.25, 0.3) is 0 Å². The van der Waals surface area contributed by atoms with Crippen LogP contribution in [0.25, 0.3) is 0 Å². The van der Waals surface area contributed by atoms with E-state index in [2.05, 4.69) is 0 Å². The average Bonchev–Trinajstić information content (AvgIpc) is 2.77. The molecule has 0 aromatic rings. The maximum Gasteiger partial charge on any atom is 0.309 e. The SMILES string of the molecule is C[C@@]12C[C@H](O)[C@]3(O)[C@@](CC1=O)(C2)[C@@H](O)C[C@@H]1[C@](C)(C(=O)O)CCC[C@]13C. The Kier molecular flexibility index (Phi) is 3.46. The second kappa shape index (κ2) is 4.89. The first-order chi connectivity index (χ1) is 11.9. The summed E-state index contributed by atoms with van der Waals surface area (Å²) in [5.41, 5.74) is -5.39. The molecule has 6 heteroatoms. The van der Waals surface area contributed by atoms with Gasteiger partial charge in [-0.3, -0.25) is 9.59 Å². The summed E-state index contributed by atoms with van der Waals surface area (Å²) in [6.07, 6.45) is 0.417. The van der Waals surface area contributed by atoms with Crippen molar-refractivity contribution in [1.82, 2.24) is 0 Å². The molecule has 2 bridgehead atoms. The number of carbonyl (C=O) groups is 2. The lowest BCUT2D eigenvalue weighted by Crippen LogP contribution is -2.77. The van der Waals surface area contributed by atoms with E-state index in [1.165, 1.54) is 0 Å². The molecule has 146 valence electrons. The predicted octanol–water partition coefficient (Wildman–Crippen LogP) is 1.50. The van der Waals surface area contributed by atoms with E-state index >= 15 is 0 Å². The second-order valence-corrected chi connectivity index (χ2v) is 10.3. The number of aliphatic hydroxyl groups excluding tert-OH is 2. The normalized spacial score (nSPS) is 58.8. The zero-order valence-electron chi connectivity index (χ0n) is 15.8. The molecule has 4 aliphatic carbocycles. The highest BCUT2D eigenvalue weighted by Crippen LogP contribution is 2.74. The van der Waals surface area contributed by atoms with Crippen LogP contribution in [0.15, 0.2) is 0 Å². The average molecular weight is 366 g/mol. The zero-order valence-corrected chi connectivity index (χ0v) is 15.8. The standard InChI is InChI=1S/C20H30O6/c1-16-8-14(23)20(26)18(3)6-4-5-17(2,15(24)25)11(18)7-12(21)19(20,10-16)9-13(16)22/h11-12,14,21,23,26H,4-10H2,1-3H3,(H,24,25)/t11-,12+,14+,16+,17-,18-,19+,20-/m1/s1. The van der Waals surface area contributed by atoms with E-state index in [4.69, 9.17) is 0 Å². The molecular weight excluding hydrogens is 336 g/mol. The monoisotopic (exact) mass is 366 g/mol. The van der Waals surface area contributed by atoms with Crippen LogP contribution in [-0.4, -0.2) is 50.0 Å². The van der Waals surface area contributed by atoms with Gasteiger partial charge in [-0.1, -0.05) is 20.3 Å². The topological polar surface area (TPSA) is 115 Å². The highest BCUT2D eigenvalue weighted by Gasteiger charge is 2.80. The molecule has 4 rings (SSSR count). The van der Waals surface area contributed by atoms with Gasteiger partial charge in [-0.2, -0.15) is 0 Å². The summed E-state index contributed by atoms with van der Waals surface area (Å²) < 4.78 is 0. The number of hydrogen-bond acceptors (Lipinski definition) is 5. The molecule has 4 fully saturated rings. The molecule has 4 saturated carbocycles. The van der Waals surface area contributed by atoms with Gasteiger partial charge >= 0.3 is 5.97 Å². The van der Waals surface area contributed by atoms with Gasteiger partial charge in [-0.25, -0.2) is 0 Å². The van der Waals surface area contributed by atoms with Gasteiger partial charge in [-0.05, 0) is 44.9 Å². The molecule has 4 N–H and O–H groups in total. The van der Waals surface area contributed by atoms with Crippen LogP contribution in [0.2, 0.25) is 0 Å². The first kappa shape index (κ1) is 18.4. The Hall–Kier alpha value is -0.980. The highest BCUT2D eigenvalue weighted by molar-refractivity contribution is 5.89. The summed E-state index contributed by atoms with van der Waals surface area (Å²) in [6.45, 7) is 5.39. The smallest absolute Gasteiger partial charge is 0.309 e. The van der Waals surface area contributed by atoms with Gasteiger partial charge in [0.15, 0.2) is 0 Å². The van der Waals surface area contributed by atoms with Crippen molar-refractivity contribution in [2.24, 2.45) is 27.6 Å². The number of carboxylic acid groups (broad SMARTS) is 1. The minimum atomic E-state index is -1.66. The fraction of sp³-hybridized carbons (Fsp3) is 0.900. The highest BCUT2D eigenvalue weighted by atomic mass is 16.4. The van der Waals surface area contributed by atoms with Crippen LogP contribution in [0.3, 0.4) is 0 Å². The fourth-order valence-electron chi connectivity index (χ4n) is 7.71. The molecule has 0 unspecified atom stereocenters. The molecule has 0 heterocycles. The number of carbonyl (C=O) groups excluding carboxylic acids is 1. The maximum absolute atomic E-state index is 12.7. The first-order valence-corrected chi connectivity index (χ1v) is 9.73. The molecule has 4 aliphatic rings. The van der Waals surface area contributed by atoms with Gasteiger partial charge in [0, 0.05) is 22.7 Å². The molecule has 26 heavy (non-hydrogen) atoms. The summed E-state index contributed by atoms with van der Waals surface area (Å²) in [5, 5.41) is 44.2. The Labute approximate surface area is 153 Å². The van der Waals surface area contributed by atoms with E-state index in [0.717, 1.165) is 0 Å². The maximum atomic E-state index is 12.7. The minimum Gasteiger partial charge on any atom is -0.481 e. The van der Waals surface area contributed by atoms with Crippen LogP contribution in [0.5, 0.6) is 0 Å². The third-order valence-electron chi connectivity index (χ3n) is 9.13. The van der Waals surface area contributed by atoms with Crippen LogP contribution < -0.4 is 0 Å². The molecule has 0 aromatic carbocycles. The predicted molar refractivity (Wildman–Crippen MR) is 92.2 cm³/mol. The molecule has 0 radical (unpaired) electrons. The Morgan fingerprint density at radius 3 is 2.38 bits per heavy atom. The molecule has 1 spiro atoms. The van der Waals surface area contributed by atoms with Crippen LogP contribution >= 0.6 is 0 Å². The lowest BCUT2D eigenvalue weighted by molar-refractivity contribution is -0.327. The fourth-order valence-corrected chi connectivity index (χ4v) is 7.71. The number of aliphatic carboxylic acids is 1. The van der Waals surface area contributed by atoms with Crippen molar-refractivity contribution in [3.8, 4) is 0 Å². The molecule has 0 aromatic heterocycles. The van der Waals surface area contributed by atoms with Crippen molar-refractivity contribution in [2.45, 2.75) is 83.5 Å². The van der Waals surface area contributed by atoms with Gasteiger partial charge in [0.2, 0.25) is 0 Å². The summed E-state index contributed by atoms with van der Waals surface area (Å²) in [5.74, 6) is -1.38. The van der Waals surface area contributed by atoms with Crippen LogP contribution in [0.1, 0.15) is 65.7 Å². The van der Waals surface area contributed by atoms with Crippen molar-refractivity contribution in [3.63, 3.8) is 0 Å². The van der Waals surface area contributed by atoms with Crippen molar-refractivity contribution < 1.29 is 30.0 Å². The Morgan fingerprint density at radius 2 is 1.77 bits per heavy atom. The second-order valence-electron chi connectivity index (χ2n) is 10.3. The van der Waals surface area contributed by atoms with E-state index in [-0.39, 0.29) is 25.0 Å². The van der Waals surface area contributed by atoms with Gasteiger partial charge in [0.1, 0.15) is 11.4 Å². The van der Waals surface area contributed by atoms with E-state index in [9.17, 15) is 30.0 Å². The van der Waals surface area contributed by atoms with Crippen LogP contribution in [0, 0.1) is 27.6 Å². The van der Waals surface area contributed by atoms with Crippen molar-refractivity contribution in [2.75, 3.05) is 0 Å². The molecular formula is C20H30O6. The molecule has 0 aliphatic heterocycles. The number of carboxylic acids is 1. The quantitative estimate of drug-likeness (QED) is 0.559. The van der Waals surface area contributed by atoms with Crippen LogP contribution in [0.4, 0.5) is 0 Å². The zero-order chi connectivity index (χ0) is 19.3. The number of hydrogen-bond donors (Lipinski definition) is 4. The lowest BCUT2D eigenvalue weighted by atomic mass is 9.37. The Morgan fingerprint density at radius 1 is 1.12 bits per heavy atom. The van der Waals surface area contributed by atoms with E-state index in [1.807, 2.05) is 13.8 Å². The van der Waals surface area contributed by atoms with Crippen molar-refractivity contribution in [3.05, 3.63) is 0 Å². The summed E-state index contributed by atoms with van der Waals surface area (Å²) in [6, 6.07) is 0. The van der Waals surface area contributed by atoms with Crippen molar-refractivity contribution >= 4 is 11.8 Å². The first-order valence-electron chi connectivity index (χ1n) is 9.73. The summed E-state index contributed by atoms with van der Waals surface area (Å²) in [4.78, 5) is 24.8. The molecule has 6 nitrogen and oxygen atoms in total. The molecule has 0 amide bonds. The third-order valence-corrected chi connectivity index (χ3v) is 9.13. The number of ketones is 1. The van der Waals surface area contributed by atoms with E-state index in [0.29, 0.717) is 25.7 Å². The molecule has 8 atom stereocenters. The number of fused-ring (bicyclic) bond motifs is 3. The Balaban J connectivity index is 1.92. The van der Waals surface area contributed by atoms with Crippen LogP contribution in [-0.2, 0) is 9.59 Å². The van der Waals surface area contributed by atoms with Gasteiger partial charge in [0.05, 0.1) is 17.6 Å². The number of Topliss-reactive ketones (excluding diaryl/α,β-unsaturated/α-hetero) is 1. The van der Waals surface area contributed by atoms with Crippen molar-refractivity contribution in [1.29, 1.82) is 0 Å². The number of aliphatic hydroxyl groups is 3. The number of rotatable bonds is 1. The largest absolute Gasteiger partial charge is 0.481 e. The Bertz CT molecular complexity index is 692. The lowest BCUT2D eigenvalue weighted by Gasteiger charge is -2.70. The van der Waals surface area contributed by atoms with E-state index < -0.39 is 51.4 Å².